The Hall–Kier alpha value is -2.20. The van der Waals surface area contributed by atoms with Gasteiger partial charge in [-0.2, -0.15) is 0 Å². The van der Waals surface area contributed by atoms with E-state index in [1.807, 2.05) is 24.3 Å². The number of hydrogen-bond donors (Lipinski definition) is 2. The Morgan fingerprint density at radius 2 is 1.52 bits per heavy atom. The second-order valence-corrected chi connectivity index (χ2v) is 5.31. The van der Waals surface area contributed by atoms with Crippen LogP contribution in [0.2, 0.25) is 0 Å². The molecule has 4 heteroatoms. The molecule has 1 heterocycles. The molecular formula is C17H19NO3. The van der Waals surface area contributed by atoms with E-state index in [4.69, 9.17) is 9.47 Å². The molecule has 0 aliphatic carbocycles. The second kappa shape index (κ2) is 5.66. The van der Waals surface area contributed by atoms with Crippen LogP contribution in [-0.4, -0.2) is 11.9 Å². The fourth-order valence-electron chi connectivity index (χ4n) is 2.51. The van der Waals surface area contributed by atoms with Crippen LogP contribution < -0.4 is 14.8 Å². The van der Waals surface area contributed by atoms with Gasteiger partial charge in [0.25, 0.3) is 0 Å². The summed E-state index contributed by atoms with van der Waals surface area (Å²) in [6, 6.07) is 13.7. The molecule has 0 saturated carbocycles. The van der Waals surface area contributed by atoms with Crippen molar-refractivity contribution in [2.45, 2.75) is 25.9 Å². The first-order valence-corrected chi connectivity index (χ1v) is 7.08. The van der Waals surface area contributed by atoms with Crippen molar-refractivity contribution < 1.29 is 14.6 Å². The molecule has 3 rings (SSSR count). The summed E-state index contributed by atoms with van der Waals surface area (Å²) in [5, 5.41) is 12.9. The lowest BCUT2D eigenvalue weighted by atomic mass is 10.0. The predicted octanol–water partition coefficient (Wildman–Crippen LogP) is 3.53. The topological polar surface area (TPSA) is 50.7 Å². The van der Waals surface area contributed by atoms with Crippen LogP contribution in [0.15, 0.2) is 42.5 Å². The molecule has 0 bridgehead atoms. The first kappa shape index (κ1) is 13.8. The van der Waals surface area contributed by atoms with Crippen LogP contribution in [0, 0.1) is 0 Å². The van der Waals surface area contributed by atoms with Crippen LogP contribution >= 0.6 is 0 Å². The van der Waals surface area contributed by atoms with Gasteiger partial charge in [-0.15, -0.1) is 0 Å². The molecule has 1 aliphatic heterocycles. The Labute approximate surface area is 124 Å². The summed E-state index contributed by atoms with van der Waals surface area (Å²) >= 11 is 0. The summed E-state index contributed by atoms with van der Waals surface area (Å²) in [4.78, 5) is 0. The molecule has 0 aromatic heterocycles. The summed E-state index contributed by atoms with van der Waals surface area (Å²) < 4.78 is 10.7. The van der Waals surface area contributed by atoms with Crippen LogP contribution in [-0.2, 0) is 0 Å². The maximum absolute atomic E-state index is 9.34. The van der Waals surface area contributed by atoms with Crippen molar-refractivity contribution in [3.8, 4) is 17.2 Å². The number of phenolic OH excluding ortho intramolecular Hbond substituents is 1. The molecule has 2 N–H and O–H groups in total. The van der Waals surface area contributed by atoms with E-state index >= 15 is 0 Å². The number of ether oxygens (including phenoxy) is 2. The van der Waals surface area contributed by atoms with E-state index < -0.39 is 0 Å². The highest BCUT2D eigenvalue weighted by Crippen LogP contribution is 2.34. The van der Waals surface area contributed by atoms with Crippen molar-refractivity contribution >= 4 is 0 Å². The molecular weight excluding hydrogens is 266 g/mol. The maximum atomic E-state index is 9.34. The van der Waals surface area contributed by atoms with Crippen molar-refractivity contribution in [2.24, 2.45) is 0 Å². The zero-order valence-corrected chi connectivity index (χ0v) is 12.2. The summed E-state index contributed by atoms with van der Waals surface area (Å²) in [6.07, 6.45) is 0. The average Bonchev–Trinajstić information content (AvgIpc) is 2.95. The number of nitrogens with one attached hydrogen (secondary N) is 1. The average molecular weight is 285 g/mol. The van der Waals surface area contributed by atoms with Gasteiger partial charge in [0.15, 0.2) is 11.5 Å². The summed E-state index contributed by atoms with van der Waals surface area (Å²) in [6.45, 7) is 4.52. The third-order valence-corrected chi connectivity index (χ3v) is 3.79. The molecule has 2 aromatic rings. The molecule has 21 heavy (non-hydrogen) atoms. The number of aromatic hydroxyl groups is 1. The minimum absolute atomic E-state index is 0.184. The molecule has 110 valence electrons. The third-order valence-electron chi connectivity index (χ3n) is 3.79. The van der Waals surface area contributed by atoms with E-state index in [-0.39, 0.29) is 17.8 Å². The maximum Gasteiger partial charge on any atom is 0.231 e. The van der Waals surface area contributed by atoms with Crippen molar-refractivity contribution in [3.05, 3.63) is 53.6 Å². The molecule has 4 nitrogen and oxygen atoms in total. The van der Waals surface area contributed by atoms with E-state index in [1.54, 1.807) is 12.1 Å². The van der Waals surface area contributed by atoms with Gasteiger partial charge in [-0.1, -0.05) is 18.2 Å². The van der Waals surface area contributed by atoms with Crippen LogP contribution in [0.3, 0.4) is 0 Å². The lowest BCUT2D eigenvalue weighted by Crippen LogP contribution is -2.22. The summed E-state index contributed by atoms with van der Waals surface area (Å²) in [5.41, 5.74) is 2.30. The van der Waals surface area contributed by atoms with Gasteiger partial charge < -0.3 is 19.9 Å². The number of phenols is 1. The highest BCUT2D eigenvalue weighted by atomic mass is 16.7. The fourth-order valence-corrected chi connectivity index (χ4v) is 2.51. The Bertz CT molecular complexity index is 624. The molecule has 0 fully saturated rings. The van der Waals surface area contributed by atoms with Crippen LogP contribution in [0.1, 0.15) is 37.1 Å². The van der Waals surface area contributed by atoms with Crippen molar-refractivity contribution in [2.75, 3.05) is 6.79 Å². The van der Waals surface area contributed by atoms with Crippen LogP contribution in [0.4, 0.5) is 0 Å². The third kappa shape index (κ3) is 2.95. The minimum atomic E-state index is 0.184. The predicted molar refractivity (Wildman–Crippen MR) is 80.6 cm³/mol. The Morgan fingerprint density at radius 3 is 2.29 bits per heavy atom. The standard InChI is InChI=1S/C17H19NO3/c1-11(13-3-6-15(19)7-4-13)18-12(2)14-5-8-16-17(9-14)21-10-20-16/h3-9,11-12,18-19H,10H2,1-2H3. The molecule has 2 unspecified atom stereocenters. The van der Waals surface area contributed by atoms with Crippen LogP contribution in [0.5, 0.6) is 17.2 Å². The Balaban J connectivity index is 1.70. The van der Waals surface area contributed by atoms with Gasteiger partial charge in [-0.25, -0.2) is 0 Å². The quantitative estimate of drug-likeness (QED) is 0.902. The van der Waals surface area contributed by atoms with Gasteiger partial charge in [-0.3, -0.25) is 0 Å². The molecule has 0 spiro atoms. The fraction of sp³-hybridized carbons (Fsp3) is 0.294. The Kier molecular flexibility index (Phi) is 3.71. The summed E-state index contributed by atoms with van der Waals surface area (Å²) in [5.74, 6) is 1.89. The van der Waals surface area contributed by atoms with Crippen molar-refractivity contribution in [1.82, 2.24) is 5.32 Å². The zero-order valence-electron chi connectivity index (χ0n) is 12.2. The number of fused-ring (bicyclic) bond motifs is 1. The molecule has 0 saturated heterocycles. The largest absolute Gasteiger partial charge is 0.508 e. The van der Waals surface area contributed by atoms with Gasteiger partial charge in [0.2, 0.25) is 6.79 Å². The van der Waals surface area contributed by atoms with Gasteiger partial charge >= 0.3 is 0 Å². The van der Waals surface area contributed by atoms with E-state index in [2.05, 4.69) is 25.2 Å². The lowest BCUT2D eigenvalue weighted by molar-refractivity contribution is 0.174. The van der Waals surface area contributed by atoms with E-state index in [1.165, 1.54) is 0 Å². The number of rotatable bonds is 4. The molecule has 2 aromatic carbocycles. The smallest absolute Gasteiger partial charge is 0.231 e. The van der Waals surface area contributed by atoms with Crippen molar-refractivity contribution in [1.29, 1.82) is 0 Å². The van der Waals surface area contributed by atoms with Gasteiger partial charge in [0.1, 0.15) is 5.75 Å². The first-order valence-electron chi connectivity index (χ1n) is 7.08. The van der Waals surface area contributed by atoms with E-state index in [0.717, 1.165) is 22.6 Å². The SMILES string of the molecule is CC(NC(C)c1ccc2c(c1)OCO2)c1ccc(O)cc1. The zero-order chi connectivity index (χ0) is 14.8. The second-order valence-electron chi connectivity index (χ2n) is 5.31. The lowest BCUT2D eigenvalue weighted by Gasteiger charge is -2.21. The van der Waals surface area contributed by atoms with Gasteiger partial charge in [0.05, 0.1) is 0 Å². The van der Waals surface area contributed by atoms with Crippen molar-refractivity contribution in [3.63, 3.8) is 0 Å². The highest BCUT2D eigenvalue weighted by Gasteiger charge is 2.17. The summed E-state index contributed by atoms with van der Waals surface area (Å²) in [7, 11) is 0. The highest BCUT2D eigenvalue weighted by molar-refractivity contribution is 5.45. The number of benzene rings is 2. The van der Waals surface area contributed by atoms with Gasteiger partial charge in [-0.05, 0) is 49.2 Å². The van der Waals surface area contributed by atoms with E-state index in [0.29, 0.717) is 6.79 Å². The van der Waals surface area contributed by atoms with Crippen LogP contribution in [0.25, 0.3) is 0 Å². The first-order chi connectivity index (χ1) is 10.1. The Morgan fingerprint density at radius 1 is 0.905 bits per heavy atom. The normalized spacial score (nSPS) is 15.7. The molecule has 2 atom stereocenters. The van der Waals surface area contributed by atoms with Gasteiger partial charge in [0, 0.05) is 12.1 Å². The molecule has 0 amide bonds. The monoisotopic (exact) mass is 285 g/mol. The number of hydrogen-bond acceptors (Lipinski definition) is 4. The minimum Gasteiger partial charge on any atom is -0.508 e. The van der Waals surface area contributed by atoms with E-state index in [9.17, 15) is 5.11 Å². The molecule has 1 aliphatic rings. The molecule has 0 radical (unpaired) electrons.